The monoisotopic (exact) mass is 474 g/mol. The predicted molar refractivity (Wildman–Crippen MR) is 117 cm³/mol. The van der Waals surface area contributed by atoms with E-state index in [9.17, 15) is 4.79 Å². The van der Waals surface area contributed by atoms with E-state index in [4.69, 9.17) is 10.5 Å². The summed E-state index contributed by atoms with van der Waals surface area (Å²) in [6.45, 7) is 8.86. The van der Waals surface area contributed by atoms with Gasteiger partial charge in [0.2, 0.25) is 0 Å². The van der Waals surface area contributed by atoms with Crippen LogP contribution in [0.25, 0.3) is 0 Å². The van der Waals surface area contributed by atoms with Crippen LogP contribution in [0.3, 0.4) is 0 Å². The number of nitrogens with zero attached hydrogens (tertiary/aromatic N) is 2. The van der Waals surface area contributed by atoms with E-state index >= 15 is 0 Å². The summed E-state index contributed by atoms with van der Waals surface area (Å²) in [7, 11) is 0. The highest BCUT2D eigenvalue weighted by Gasteiger charge is 2.30. The van der Waals surface area contributed by atoms with Gasteiger partial charge < -0.3 is 20.7 Å². The van der Waals surface area contributed by atoms with Gasteiger partial charge in [0.25, 0.3) is 0 Å². The van der Waals surface area contributed by atoms with Crippen molar-refractivity contribution in [1.29, 1.82) is 0 Å². The summed E-state index contributed by atoms with van der Waals surface area (Å²) in [6.07, 6.45) is 2.74. The summed E-state index contributed by atoms with van der Waals surface area (Å²) in [6, 6.07) is 7.99. The Morgan fingerprint density at radius 2 is 1.96 bits per heavy atom. The number of benzene rings is 1. The van der Waals surface area contributed by atoms with Crippen molar-refractivity contribution in [2.75, 3.05) is 18.4 Å². The third-order valence-corrected chi connectivity index (χ3v) is 4.05. The number of ether oxygens (including phenoxy) is 1. The van der Waals surface area contributed by atoms with Gasteiger partial charge in [-0.25, -0.2) is 4.79 Å². The number of likely N-dealkylation sites (tertiary alicyclic amines) is 1. The predicted octanol–water partition coefficient (Wildman–Crippen LogP) is 4.13. The Bertz CT molecular complexity index is 611. The molecule has 0 aromatic heterocycles. The average Bonchev–Trinajstić information content (AvgIpc) is 2.54. The summed E-state index contributed by atoms with van der Waals surface area (Å²) in [5.41, 5.74) is 7.59. The topological polar surface area (TPSA) is 80.0 Å². The molecule has 0 bridgehead atoms. The first-order valence-corrected chi connectivity index (χ1v) is 8.88. The molecule has 1 saturated heterocycles. The Labute approximate surface area is 173 Å². The van der Waals surface area contributed by atoms with E-state index in [1.165, 1.54) is 5.56 Å². The van der Waals surface area contributed by atoms with Gasteiger partial charge in [-0.3, -0.25) is 4.99 Å². The minimum absolute atomic E-state index is 0. The molecule has 2 rings (SSSR count). The van der Waals surface area contributed by atoms with Crippen LogP contribution in [0.2, 0.25) is 0 Å². The molecule has 0 saturated carbocycles. The Morgan fingerprint density at radius 1 is 1.31 bits per heavy atom. The lowest BCUT2D eigenvalue weighted by molar-refractivity contribution is 0.0110. The molecule has 26 heavy (non-hydrogen) atoms. The van der Waals surface area contributed by atoms with E-state index < -0.39 is 5.60 Å². The van der Waals surface area contributed by atoms with Crippen LogP contribution in [0.5, 0.6) is 0 Å². The lowest BCUT2D eigenvalue weighted by Gasteiger charge is -2.36. The number of carbonyl (C=O) groups excluding carboxylic acids is 1. The second-order valence-corrected chi connectivity index (χ2v) is 7.54. The lowest BCUT2D eigenvalue weighted by Crippen LogP contribution is -2.47. The Morgan fingerprint density at radius 3 is 2.58 bits per heavy atom. The number of piperidine rings is 1. The number of guanidine groups is 1. The Balaban J connectivity index is 0.00000338. The van der Waals surface area contributed by atoms with Crippen LogP contribution < -0.4 is 11.1 Å². The minimum atomic E-state index is -0.492. The van der Waals surface area contributed by atoms with Crippen LogP contribution in [-0.2, 0) is 4.74 Å². The van der Waals surface area contributed by atoms with Crippen molar-refractivity contribution in [2.45, 2.75) is 58.6 Å². The van der Waals surface area contributed by atoms with Crippen molar-refractivity contribution < 1.29 is 9.53 Å². The Kier molecular flexibility index (Phi) is 8.66. The van der Waals surface area contributed by atoms with Gasteiger partial charge >= 0.3 is 6.09 Å². The number of aliphatic imine (C=N–C) groups is 1. The number of nitrogens with one attached hydrogen (secondary N) is 1. The number of hydrogen-bond acceptors (Lipinski definition) is 3. The molecule has 7 heteroatoms. The molecule has 146 valence electrons. The maximum absolute atomic E-state index is 12.4. The van der Waals surface area contributed by atoms with Crippen LogP contribution in [0.4, 0.5) is 10.5 Å². The fraction of sp³-hybridized carbons (Fsp3) is 0.579. The lowest BCUT2D eigenvalue weighted by atomic mass is 10.0. The summed E-state index contributed by atoms with van der Waals surface area (Å²) >= 11 is 0. The van der Waals surface area contributed by atoms with Crippen LogP contribution >= 0.6 is 24.0 Å². The summed E-state index contributed by atoms with van der Waals surface area (Å²) in [4.78, 5) is 18.6. The molecule has 1 unspecified atom stereocenters. The maximum atomic E-state index is 12.4. The fourth-order valence-electron chi connectivity index (χ4n) is 2.78. The molecular weight excluding hydrogens is 443 g/mol. The van der Waals surface area contributed by atoms with Crippen molar-refractivity contribution in [2.24, 2.45) is 10.7 Å². The average molecular weight is 474 g/mol. The molecule has 1 amide bonds. The number of carbonyl (C=O) groups is 1. The van der Waals surface area contributed by atoms with Crippen LogP contribution in [0, 0.1) is 6.92 Å². The van der Waals surface area contributed by atoms with Crippen molar-refractivity contribution in [3.05, 3.63) is 29.8 Å². The number of anilines is 1. The van der Waals surface area contributed by atoms with Crippen LogP contribution in [-0.4, -0.2) is 41.7 Å². The number of halogens is 1. The van der Waals surface area contributed by atoms with Crippen molar-refractivity contribution in [3.8, 4) is 0 Å². The molecule has 0 aliphatic carbocycles. The first kappa shape index (κ1) is 22.5. The van der Waals surface area contributed by atoms with Gasteiger partial charge in [0.1, 0.15) is 5.60 Å². The third-order valence-electron chi connectivity index (χ3n) is 4.05. The van der Waals surface area contributed by atoms with E-state index in [1.54, 1.807) is 4.90 Å². The number of nitrogens with two attached hydrogens (primary N) is 1. The third kappa shape index (κ3) is 7.39. The number of amides is 1. The molecule has 6 nitrogen and oxygen atoms in total. The van der Waals surface area contributed by atoms with Gasteiger partial charge in [-0.2, -0.15) is 0 Å². The summed E-state index contributed by atoms with van der Waals surface area (Å²) in [5.74, 6) is 0.360. The van der Waals surface area contributed by atoms with E-state index in [-0.39, 0.29) is 36.1 Å². The quantitative estimate of drug-likeness (QED) is 0.392. The highest BCUT2D eigenvalue weighted by atomic mass is 127. The van der Waals surface area contributed by atoms with Gasteiger partial charge in [0.05, 0.1) is 12.6 Å². The highest BCUT2D eigenvalue weighted by Crippen LogP contribution is 2.20. The fourth-order valence-corrected chi connectivity index (χ4v) is 2.78. The second-order valence-electron chi connectivity index (χ2n) is 7.54. The SMILES string of the molecule is Cc1ccc(NC(N)=NCC2CCCCN2C(=O)OC(C)(C)C)cc1.I. The molecule has 1 aromatic rings. The van der Waals surface area contributed by atoms with Crippen LogP contribution in [0.15, 0.2) is 29.3 Å². The molecule has 1 atom stereocenters. The van der Waals surface area contributed by atoms with Gasteiger partial charge in [0.15, 0.2) is 5.96 Å². The molecule has 3 N–H and O–H groups in total. The first-order chi connectivity index (χ1) is 11.7. The molecule has 0 spiro atoms. The number of rotatable bonds is 3. The molecule has 1 aromatic carbocycles. The molecular formula is C19H31IN4O2. The van der Waals surface area contributed by atoms with Gasteiger partial charge in [-0.1, -0.05) is 17.7 Å². The van der Waals surface area contributed by atoms with E-state index in [0.717, 1.165) is 24.9 Å². The van der Waals surface area contributed by atoms with E-state index in [2.05, 4.69) is 10.3 Å². The largest absolute Gasteiger partial charge is 0.444 e. The van der Waals surface area contributed by atoms with Crippen LogP contribution in [0.1, 0.15) is 45.6 Å². The first-order valence-electron chi connectivity index (χ1n) is 8.88. The zero-order chi connectivity index (χ0) is 18.4. The number of aryl methyl sites for hydroxylation is 1. The van der Waals surface area contributed by atoms with Crippen molar-refractivity contribution >= 4 is 41.7 Å². The summed E-state index contributed by atoms with van der Waals surface area (Å²) in [5, 5.41) is 3.08. The normalized spacial score (nSPS) is 18.1. The van der Waals surface area contributed by atoms with Gasteiger partial charge in [0, 0.05) is 12.2 Å². The molecule has 0 radical (unpaired) electrons. The highest BCUT2D eigenvalue weighted by molar-refractivity contribution is 14.0. The molecule has 1 fully saturated rings. The van der Waals surface area contributed by atoms with Crippen molar-refractivity contribution in [1.82, 2.24) is 4.90 Å². The zero-order valence-electron chi connectivity index (χ0n) is 16.1. The molecule has 1 aliphatic rings. The zero-order valence-corrected chi connectivity index (χ0v) is 18.4. The van der Waals surface area contributed by atoms with E-state index in [1.807, 2.05) is 52.0 Å². The van der Waals surface area contributed by atoms with Crippen molar-refractivity contribution in [3.63, 3.8) is 0 Å². The number of hydrogen-bond donors (Lipinski definition) is 2. The maximum Gasteiger partial charge on any atom is 0.410 e. The Hall–Kier alpha value is -1.51. The van der Waals surface area contributed by atoms with Gasteiger partial charge in [-0.05, 0) is 59.1 Å². The molecule has 1 aliphatic heterocycles. The smallest absolute Gasteiger partial charge is 0.410 e. The van der Waals surface area contributed by atoms with Gasteiger partial charge in [-0.15, -0.1) is 24.0 Å². The molecule has 1 heterocycles. The second kappa shape index (κ2) is 9.99. The summed E-state index contributed by atoms with van der Waals surface area (Å²) < 4.78 is 5.51. The minimum Gasteiger partial charge on any atom is -0.444 e. The van der Waals surface area contributed by atoms with E-state index in [0.29, 0.717) is 19.0 Å². The standard InChI is InChI=1S/C19H30N4O2.HI/c1-14-8-10-15(11-9-14)22-17(20)21-13-16-7-5-6-12-23(16)18(24)25-19(2,3)4;/h8-11,16H,5-7,12-13H2,1-4H3,(H3,20,21,22);1H.